The van der Waals surface area contributed by atoms with Crippen LogP contribution in [-0.2, 0) is 19.1 Å². The van der Waals surface area contributed by atoms with Gasteiger partial charge in [-0.1, -0.05) is 66.2 Å². The molecular formula is C26H50O4Sn. The summed E-state index contributed by atoms with van der Waals surface area (Å²) >= 11 is 0.181. The van der Waals surface area contributed by atoms with Gasteiger partial charge < -0.3 is 9.47 Å². The first-order valence-corrected chi connectivity index (χ1v) is 16.6. The standard InChI is InChI=1S/C20H36O4.2C3H7.Sn/c1-17(2)11-7-5-9-15-23-19(21)13-14-20(22)24-16-10-6-8-12-18(3)4;2*1-3-2;/h13-14,17-18H,5-12,15-16H2,1-4H3;2*1,3H2,2H3;/b14-13-;;;. The van der Waals surface area contributed by atoms with Gasteiger partial charge >= 0.3 is 68.6 Å². The van der Waals surface area contributed by atoms with E-state index in [0.29, 0.717) is 13.2 Å². The van der Waals surface area contributed by atoms with Crippen LogP contribution in [0.2, 0.25) is 8.87 Å². The van der Waals surface area contributed by atoms with Gasteiger partial charge in [-0.15, -0.1) is 0 Å². The van der Waals surface area contributed by atoms with Gasteiger partial charge in [0.25, 0.3) is 0 Å². The zero-order valence-corrected chi connectivity index (χ0v) is 24.2. The van der Waals surface area contributed by atoms with E-state index in [4.69, 9.17) is 9.47 Å². The Morgan fingerprint density at radius 1 is 0.677 bits per heavy atom. The third-order valence-electron chi connectivity index (χ3n) is 4.55. The van der Waals surface area contributed by atoms with Crippen molar-refractivity contribution in [3.05, 3.63) is 12.2 Å². The van der Waals surface area contributed by atoms with Crippen LogP contribution < -0.4 is 0 Å². The summed E-state index contributed by atoms with van der Waals surface area (Å²) in [7, 11) is 0. The fraction of sp³-hybridized carbons (Fsp3) is 0.846. The molecule has 0 amide bonds. The van der Waals surface area contributed by atoms with Crippen molar-refractivity contribution in [2.75, 3.05) is 13.2 Å². The summed E-state index contributed by atoms with van der Waals surface area (Å²) in [5.74, 6) is 0.480. The molecule has 0 aromatic rings. The fourth-order valence-electron chi connectivity index (χ4n) is 2.72. The number of ether oxygens (including phenoxy) is 2. The molecule has 0 saturated carbocycles. The normalized spacial score (nSPS) is 11.0. The Morgan fingerprint density at radius 3 is 1.39 bits per heavy atom. The van der Waals surface area contributed by atoms with Crippen molar-refractivity contribution in [3.8, 4) is 0 Å². The Hall–Kier alpha value is -0.521. The molecule has 182 valence electrons. The SMILES string of the molecule is CC(C)CCCCCOC(=O)/C=C\C(=O)OCCCCCC(C)C.CC[CH2][Sn][CH2]CC. The van der Waals surface area contributed by atoms with E-state index in [1.165, 1.54) is 25.7 Å². The van der Waals surface area contributed by atoms with Gasteiger partial charge in [0.1, 0.15) is 0 Å². The monoisotopic (exact) mass is 546 g/mol. The Bertz CT molecular complexity index is 395. The minimum atomic E-state index is -0.479. The number of hydrogen-bond acceptors (Lipinski definition) is 4. The summed E-state index contributed by atoms with van der Waals surface area (Å²) in [4.78, 5) is 22.9. The zero-order chi connectivity index (χ0) is 23.7. The molecule has 0 fully saturated rings. The molecule has 0 rings (SSSR count). The summed E-state index contributed by atoms with van der Waals surface area (Å²) in [5.41, 5.74) is 0. The van der Waals surface area contributed by atoms with Crippen molar-refractivity contribution < 1.29 is 19.1 Å². The molecule has 31 heavy (non-hydrogen) atoms. The second kappa shape index (κ2) is 25.7. The van der Waals surface area contributed by atoms with E-state index in [9.17, 15) is 9.59 Å². The first-order valence-electron chi connectivity index (χ1n) is 12.6. The average molecular weight is 545 g/mol. The number of hydrogen-bond donors (Lipinski definition) is 0. The van der Waals surface area contributed by atoms with Crippen molar-refractivity contribution in [3.63, 3.8) is 0 Å². The van der Waals surface area contributed by atoms with Gasteiger partial charge in [0.05, 0.1) is 13.2 Å². The number of esters is 2. The van der Waals surface area contributed by atoms with Crippen LogP contribution in [0.3, 0.4) is 0 Å². The van der Waals surface area contributed by atoms with Crippen molar-refractivity contribution in [1.29, 1.82) is 0 Å². The first kappa shape index (κ1) is 32.7. The van der Waals surface area contributed by atoms with Gasteiger partial charge in [0, 0.05) is 12.2 Å². The van der Waals surface area contributed by atoms with Gasteiger partial charge in [0.2, 0.25) is 0 Å². The van der Waals surface area contributed by atoms with Crippen molar-refractivity contribution in [2.24, 2.45) is 11.8 Å². The third-order valence-corrected chi connectivity index (χ3v) is 9.42. The fourth-order valence-corrected chi connectivity index (χ4v) is 5.45. The Kier molecular flexibility index (Phi) is 27.1. The van der Waals surface area contributed by atoms with Crippen LogP contribution in [0.1, 0.15) is 106 Å². The quantitative estimate of drug-likeness (QED) is 0.0779. The zero-order valence-electron chi connectivity index (χ0n) is 21.3. The molecule has 0 saturated heterocycles. The molecule has 0 aliphatic carbocycles. The van der Waals surface area contributed by atoms with Crippen molar-refractivity contribution in [1.82, 2.24) is 0 Å². The molecule has 0 aromatic carbocycles. The van der Waals surface area contributed by atoms with Crippen LogP contribution in [-0.4, -0.2) is 46.3 Å². The first-order chi connectivity index (χ1) is 14.8. The average Bonchev–Trinajstić information content (AvgIpc) is 2.72. The molecule has 0 N–H and O–H groups in total. The maximum absolute atomic E-state index is 11.5. The molecule has 0 bridgehead atoms. The summed E-state index contributed by atoms with van der Waals surface area (Å²) < 4.78 is 13.3. The Labute approximate surface area is 203 Å². The van der Waals surface area contributed by atoms with Gasteiger partial charge in [0.15, 0.2) is 0 Å². The van der Waals surface area contributed by atoms with Crippen LogP contribution in [0.4, 0.5) is 0 Å². The van der Waals surface area contributed by atoms with E-state index in [2.05, 4.69) is 41.5 Å². The molecule has 0 aromatic heterocycles. The van der Waals surface area contributed by atoms with Crippen LogP contribution in [0.25, 0.3) is 0 Å². The number of carbonyl (C=O) groups is 2. The minimum absolute atomic E-state index is 0.181. The molecule has 2 radical (unpaired) electrons. The van der Waals surface area contributed by atoms with Gasteiger partial charge in [-0.25, -0.2) is 9.59 Å². The third kappa shape index (κ3) is 31.7. The van der Waals surface area contributed by atoms with E-state index in [1.807, 2.05) is 0 Å². The van der Waals surface area contributed by atoms with E-state index >= 15 is 0 Å². The second-order valence-electron chi connectivity index (χ2n) is 8.90. The predicted molar refractivity (Wildman–Crippen MR) is 134 cm³/mol. The van der Waals surface area contributed by atoms with Crippen molar-refractivity contribution in [2.45, 2.75) is 115 Å². The molecule has 0 heterocycles. The second-order valence-corrected chi connectivity index (χ2v) is 13.2. The Morgan fingerprint density at radius 2 is 1.06 bits per heavy atom. The topological polar surface area (TPSA) is 52.6 Å². The molecule has 4 nitrogen and oxygen atoms in total. The summed E-state index contributed by atoms with van der Waals surface area (Å²) in [5, 5.41) is 0. The molecular weight excluding hydrogens is 495 g/mol. The summed E-state index contributed by atoms with van der Waals surface area (Å²) in [6.45, 7) is 14.2. The van der Waals surface area contributed by atoms with E-state index in [0.717, 1.165) is 62.5 Å². The van der Waals surface area contributed by atoms with Gasteiger partial charge in [-0.2, -0.15) is 0 Å². The summed E-state index contributed by atoms with van der Waals surface area (Å²) in [6.07, 6.45) is 13.8. The molecule has 5 heteroatoms. The van der Waals surface area contributed by atoms with E-state index in [-0.39, 0.29) is 21.1 Å². The number of unbranched alkanes of at least 4 members (excludes halogenated alkanes) is 4. The van der Waals surface area contributed by atoms with Crippen LogP contribution in [0.5, 0.6) is 0 Å². The van der Waals surface area contributed by atoms with Crippen LogP contribution in [0, 0.1) is 11.8 Å². The van der Waals surface area contributed by atoms with E-state index in [1.54, 1.807) is 8.87 Å². The van der Waals surface area contributed by atoms with Gasteiger partial charge in [-0.05, 0) is 24.7 Å². The van der Waals surface area contributed by atoms with Crippen LogP contribution >= 0.6 is 0 Å². The van der Waals surface area contributed by atoms with Crippen molar-refractivity contribution >= 4 is 33.1 Å². The molecule has 0 aliphatic rings. The molecule has 0 atom stereocenters. The Balaban J connectivity index is 0. The number of carbonyl (C=O) groups excluding carboxylic acids is 2. The molecule has 0 spiro atoms. The summed E-state index contributed by atoms with van der Waals surface area (Å²) in [6, 6.07) is 0. The van der Waals surface area contributed by atoms with E-state index < -0.39 is 11.9 Å². The van der Waals surface area contributed by atoms with Gasteiger partial charge in [-0.3, -0.25) is 0 Å². The molecule has 0 unspecified atom stereocenters. The number of rotatable bonds is 18. The molecule has 0 aliphatic heterocycles. The predicted octanol–water partition coefficient (Wildman–Crippen LogP) is 7.41. The maximum atomic E-state index is 11.5. The van der Waals surface area contributed by atoms with Crippen LogP contribution in [0.15, 0.2) is 12.2 Å².